The Hall–Kier alpha value is -2.34. The van der Waals surface area contributed by atoms with Crippen LogP contribution in [-0.2, 0) is 10.5 Å². The normalized spacial score (nSPS) is 10.8. The maximum absolute atomic E-state index is 11.4. The van der Waals surface area contributed by atoms with Crippen LogP contribution in [0.15, 0.2) is 45.8 Å². The van der Waals surface area contributed by atoms with Gasteiger partial charge < -0.3 is 9.15 Å². The molecule has 5 nitrogen and oxygen atoms in total. The number of nitrogens with zero attached hydrogens (tertiary/aromatic N) is 2. The highest BCUT2D eigenvalue weighted by molar-refractivity contribution is 7.98. The van der Waals surface area contributed by atoms with E-state index in [2.05, 4.69) is 14.7 Å². The number of ether oxygens (including phenoxy) is 1. The van der Waals surface area contributed by atoms with E-state index in [1.165, 1.54) is 18.9 Å². The van der Waals surface area contributed by atoms with Gasteiger partial charge in [0.25, 0.3) is 0 Å². The van der Waals surface area contributed by atoms with Crippen molar-refractivity contribution in [2.24, 2.45) is 0 Å². The number of esters is 1. The van der Waals surface area contributed by atoms with Crippen LogP contribution in [0.3, 0.4) is 0 Å². The van der Waals surface area contributed by atoms with Crippen molar-refractivity contribution in [3.8, 4) is 0 Å². The van der Waals surface area contributed by atoms with Gasteiger partial charge in [-0.25, -0.2) is 14.8 Å². The average molecular weight is 314 g/mol. The van der Waals surface area contributed by atoms with Crippen LogP contribution < -0.4 is 0 Å². The number of methoxy groups -OCH3 is 1. The quantitative estimate of drug-likeness (QED) is 0.541. The Bertz CT molecular complexity index is 829. The van der Waals surface area contributed by atoms with Crippen LogP contribution >= 0.6 is 11.8 Å². The summed E-state index contributed by atoms with van der Waals surface area (Å²) in [7, 11) is 1.33. The molecular weight excluding hydrogens is 300 g/mol. The van der Waals surface area contributed by atoms with E-state index < -0.39 is 5.97 Å². The van der Waals surface area contributed by atoms with Gasteiger partial charge in [-0.05, 0) is 31.2 Å². The van der Waals surface area contributed by atoms with Gasteiger partial charge in [0, 0.05) is 0 Å². The van der Waals surface area contributed by atoms with Gasteiger partial charge in [-0.3, -0.25) is 0 Å². The van der Waals surface area contributed by atoms with Gasteiger partial charge in [0.05, 0.1) is 29.6 Å². The lowest BCUT2D eigenvalue weighted by Gasteiger charge is -2.05. The first-order chi connectivity index (χ1) is 10.7. The maximum atomic E-state index is 11.4. The zero-order valence-electron chi connectivity index (χ0n) is 12.2. The predicted molar refractivity (Wildman–Crippen MR) is 83.9 cm³/mol. The van der Waals surface area contributed by atoms with E-state index in [9.17, 15) is 4.79 Å². The number of furan rings is 1. The number of aryl methyl sites for hydroxylation is 1. The minimum Gasteiger partial charge on any atom is -0.463 e. The Labute approximate surface area is 131 Å². The highest BCUT2D eigenvalue weighted by atomic mass is 32.2. The molecular formula is C16H14N2O3S. The molecule has 3 aromatic rings. The number of carbonyl (C=O) groups is 1. The van der Waals surface area contributed by atoms with Crippen LogP contribution in [0, 0.1) is 6.92 Å². The number of rotatable bonds is 4. The van der Waals surface area contributed by atoms with E-state index in [4.69, 9.17) is 4.42 Å². The molecule has 6 heteroatoms. The molecule has 0 unspecified atom stereocenters. The first-order valence-corrected chi connectivity index (χ1v) is 7.69. The van der Waals surface area contributed by atoms with Gasteiger partial charge >= 0.3 is 5.97 Å². The van der Waals surface area contributed by atoms with Gasteiger partial charge in [0.1, 0.15) is 10.8 Å². The second-order valence-corrected chi connectivity index (χ2v) is 5.61. The first-order valence-electron chi connectivity index (χ1n) is 6.70. The molecule has 0 bridgehead atoms. The van der Waals surface area contributed by atoms with Gasteiger partial charge in [0.2, 0.25) is 5.76 Å². The number of aromatic nitrogens is 2. The topological polar surface area (TPSA) is 65.2 Å². The molecule has 2 heterocycles. The molecule has 0 aliphatic heterocycles. The van der Waals surface area contributed by atoms with Gasteiger partial charge in [-0.1, -0.05) is 23.9 Å². The van der Waals surface area contributed by atoms with E-state index in [0.717, 1.165) is 21.8 Å². The number of para-hydroxylation sites is 2. The Morgan fingerprint density at radius 1 is 1.18 bits per heavy atom. The first kappa shape index (κ1) is 14.6. The van der Waals surface area contributed by atoms with E-state index in [1.807, 2.05) is 31.2 Å². The SMILES string of the molecule is COC(=O)c1ccc(CSc2nc3ccccc3nc2C)o1. The number of fused-ring (bicyclic) bond motifs is 1. The van der Waals surface area contributed by atoms with Crippen molar-refractivity contribution in [2.45, 2.75) is 17.7 Å². The van der Waals surface area contributed by atoms with Crippen LogP contribution in [0.1, 0.15) is 22.0 Å². The van der Waals surface area contributed by atoms with E-state index in [0.29, 0.717) is 11.5 Å². The van der Waals surface area contributed by atoms with Gasteiger partial charge in [-0.15, -0.1) is 0 Å². The fourth-order valence-electron chi connectivity index (χ4n) is 2.01. The lowest BCUT2D eigenvalue weighted by Crippen LogP contribution is -1.98. The van der Waals surface area contributed by atoms with Crippen LogP contribution in [0.5, 0.6) is 0 Å². The minimum atomic E-state index is -0.474. The van der Waals surface area contributed by atoms with E-state index in [-0.39, 0.29) is 5.76 Å². The average Bonchev–Trinajstić information content (AvgIpc) is 3.01. The Kier molecular flexibility index (Phi) is 4.11. The summed E-state index contributed by atoms with van der Waals surface area (Å²) < 4.78 is 10.1. The van der Waals surface area contributed by atoms with Crippen molar-refractivity contribution >= 4 is 28.8 Å². The number of thioether (sulfide) groups is 1. The molecule has 0 aliphatic carbocycles. The summed E-state index contributed by atoms with van der Waals surface area (Å²) in [4.78, 5) is 20.5. The molecule has 0 radical (unpaired) electrons. The smallest absolute Gasteiger partial charge is 0.373 e. The molecule has 0 atom stereocenters. The van der Waals surface area contributed by atoms with Crippen molar-refractivity contribution in [3.63, 3.8) is 0 Å². The maximum Gasteiger partial charge on any atom is 0.373 e. The molecule has 0 N–H and O–H groups in total. The third-order valence-electron chi connectivity index (χ3n) is 3.10. The monoisotopic (exact) mass is 314 g/mol. The minimum absolute atomic E-state index is 0.208. The van der Waals surface area contributed by atoms with Crippen molar-refractivity contribution in [1.29, 1.82) is 0 Å². The van der Waals surface area contributed by atoms with Crippen LogP contribution in [0.2, 0.25) is 0 Å². The summed E-state index contributed by atoms with van der Waals surface area (Å²) in [5, 5.41) is 0.856. The Morgan fingerprint density at radius 3 is 2.64 bits per heavy atom. The summed E-state index contributed by atoms with van der Waals surface area (Å²) >= 11 is 1.53. The third-order valence-corrected chi connectivity index (χ3v) is 4.19. The van der Waals surface area contributed by atoms with Crippen molar-refractivity contribution in [1.82, 2.24) is 9.97 Å². The fourth-order valence-corrected chi connectivity index (χ4v) is 2.87. The summed E-state index contributed by atoms with van der Waals surface area (Å²) in [5.41, 5.74) is 2.63. The lowest BCUT2D eigenvalue weighted by molar-refractivity contribution is 0.0563. The zero-order valence-corrected chi connectivity index (χ0v) is 13.0. The van der Waals surface area contributed by atoms with E-state index >= 15 is 0 Å². The molecule has 0 amide bonds. The fraction of sp³-hybridized carbons (Fsp3) is 0.188. The lowest BCUT2D eigenvalue weighted by atomic mass is 10.3. The molecule has 0 saturated heterocycles. The highest BCUT2D eigenvalue weighted by Crippen LogP contribution is 2.26. The van der Waals surface area contributed by atoms with Crippen LogP contribution in [0.4, 0.5) is 0 Å². The Morgan fingerprint density at radius 2 is 1.91 bits per heavy atom. The van der Waals surface area contributed by atoms with Crippen LogP contribution in [-0.4, -0.2) is 23.0 Å². The van der Waals surface area contributed by atoms with Crippen molar-refractivity contribution in [3.05, 3.63) is 53.6 Å². The number of benzene rings is 1. The van der Waals surface area contributed by atoms with Crippen molar-refractivity contribution < 1.29 is 13.9 Å². The number of hydrogen-bond acceptors (Lipinski definition) is 6. The second kappa shape index (κ2) is 6.19. The standard InChI is InChI=1S/C16H14N2O3S/c1-10-15(18-13-6-4-3-5-12(13)17-10)22-9-11-7-8-14(21-11)16(19)20-2/h3-8H,9H2,1-2H3. The Balaban J connectivity index is 1.77. The summed E-state index contributed by atoms with van der Waals surface area (Å²) in [6, 6.07) is 11.1. The predicted octanol–water partition coefficient (Wildman–Crippen LogP) is 3.61. The highest BCUT2D eigenvalue weighted by Gasteiger charge is 2.12. The van der Waals surface area contributed by atoms with Gasteiger partial charge in [0.15, 0.2) is 0 Å². The van der Waals surface area contributed by atoms with Crippen LogP contribution in [0.25, 0.3) is 11.0 Å². The molecule has 1 aromatic carbocycles. The molecule has 112 valence electrons. The molecule has 0 fully saturated rings. The largest absolute Gasteiger partial charge is 0.463 e. The molecule has 2 aromatic heterocycles. The molecule has 22 heavy (non-hydrogen) atoms. The molecule has 0 spiro atoms. The number of hydrogen-bond donors (Lipinski definition) is 0. The summed E-state index contributed by atoms with van der Waals surface area (Å²) in [5.74, 6) is 1.00. The zero-order chi connectivity index (χ0) is 15.5. The molecule has 0 saturated carbocycles. The third kappa shape index (κ3) is 2.96. The van der Waals surface area contributed by atoms with Gasteiger partial charge in [-0.2, -0.15) is 0 Å². The van der Waals surface area contributed by atoms with E-state index in [1.54, 1.807) is 12.1 Å². The number of carbonyl (C=O) groups excluding carboxylic acids is 1. The molecule has 3 rings (SSSR count). The molecule has 0 aliphatic rings. The van der Waals surface area contributed by atoms with Crippen molar-refractivity contribution in [2.75, 3.05) is 7.11 Å². The summed E-state index contributed by atoms with van der Waals surface area (Å²) in [6.07, 6.45) is 0. The summed E-state index contributed by atoms with van der Waals surface area (Å²) in [6.45, 7) is 1.93. The second-order valence-electron chi connectivity index (χ2n) is 4.65.